The fraction of sp³-hybridized carbons (Fsp3) is 0.450. The molecule has 1 saturated heterocycles. The van der Waals surface area contributed by atoms with Crippen LogP contribution in [0.2, 0.25) is 0 Å². The summed E-state index contributed by atoms with van der Waals surface area (Å²) in [5.41, 5.74) is 0.323. The Bertz CT molecular complexity index is 920. The van der Waals surface area contributed by atoms with Gasteiger partial charge in [0.15, 0.2) is 0 Å². The van der Waals surface area contributed by atoms with Crippen LogP contribution in [0.1, 0.15) is 22.9 Å². The van der Waals surface area contributed by atoms with Crippen molar-refractivity contribution in [3.05, 3.63) is 53.3 Å². The molecule has 4 unspecified atom stereocenters. The summed E-state index contributed by atoms with van der Waals surface area (Å²) in [6.07, 6.45) is -12.1. The van der Waals surface area contributed by atoms with Crippen LogP contribution >= 0.6 is 0 Å². The minimum absolute atomic E-state index is 0.00327. The number of nitrogens with zero attached hydrogens (tertiary/aromatic N) is 1. The van der Waals surface area contributed by atoms with Gasteiger partial charge in [0, 0.05) is 17.7 Å². The van der Waals surface area contributed by atoms with Crippen LogP contribution < -0.4 is 9.47 Å². The molecule has 0 aliphatic carbocycles. The molecule has 7 nitrogen and oxygen atoms in total. The van der Waals surface area contributed by atoms with Crippen molar-refractivity contribution in [3.8, 4) is 11.5 Å². The Morgan fingerprint density at radius 3 is 2.44 bits per heavy atom. The summed E-state index contributed by atoms with van der Waals surface area (Å²) >= 11 is 0. The van der Waals surface area contributed by atoms with Crippen molar-refractivity contribution in [2.75, 3.05) is 13.7 Å². The number of rotatable bonds is 6. The van der Waals surface area contributed by atoms with Gasteiger partial charge in [0.2, 0.25) is 0 Å². The molecule has 4 atom stereocenters. The first kappa shape index (κ1) is 24.1. The summed E-state index contributed by atoms with van der Waals surface area (Å²) in [6.45, 7) is -1.15. The van der Waals surface area contributed by atoms with E-state index in [4.69, 9.17) is 9.47 Å². The van der Waals surface area contributed by atoms with Crippen LogP contribution in [0.15, 0.2) is 36.5 Å². The van der Waals surface area contributed by atoms with Crippen molar-refractivity contribution < 1.29 is 51.5 Å². The normalized spacial score (nSPS) is 25.4. The maximum Gasteiger partial charge on any atom is 0.573 e. The van der Waals surface area contributed by atoms with Crippen LogP contribution in [-0.2, 0) is 11.2 Å². The van der Waals surface area contributed by atoms with E-state index >= 15 is 0 Å². The maximum atomic E-state index is 14.0. The third kappa shape index (κ3) is 5.09. The fourth-order valence-corrected chi connectivity index (χ4v) is 3.34. The molecule has 1 aliphatic heterocycles. The zero-order valence-corrected chi connectivity index (χ0v) is 16.6. The van der Waals surface area contributed by atoms with Gasteiger partial charge in [-0.3, -0.25) is 4.98 Å². The van der Waals surface area contributed by atoms with Crippen molar-refractivity contribution in [2.24, 2.45) is 0 Å². The number of hydrogen-bond donors (Lipinski definition) is 3. The highest BCUT2D eigenvalue weighted by Crippen LogP contribution is 2.42. The van der Waals surface area contributed by atoms with E-state index in [1.807, 2.05) is 0 Å². The minimum Gasteiger partial charge on any atom is -0.495 e. The van der Waals surface area contributed by atoms with Crippen LogP contribution in [0.5, 0.6) is 11.5 Å². The third-order valence-corrected chi connectivity index (χ3v) is 4.98. The molecule has 176 valence electrons. The topological polar surface area (TPSA) is 101 Å². The molecule has 3 rings (SSSR count). The van der Waals surface area contributed by atoms with E-state index in [1.54, 1.807) is 6.07 Å². The lowest BCUT2D eigenvalue weighted by Crippen LogP contribution is -2.59. The van der Waals surface area contributed by atoms with Crippen LogP contribution in [-0.4, -0.2) is 64.6 Å². The number of pyridine rings is 1. The van der Waals surface area contributed by atoms with E-state index in [0.29, 0.717) is 11.4 Å². The van der Waals surface area contributed by atoms with Crippen molar-refractivity contribution in [3.63, 3.8) is 0 Å². The Morgan fingerprint density at radius 1 is 1.16 bits per heavy atom. The van der Waals surface area contributed by atoms with Gasteiger partial charge < -0.3 is 29.5 Å². The average Bonchev–Trinajstić information content (AvgIpc) is 2.73. The predicted molar refractivity (Wildman–Crippen MR) is 98.4 cm³/mol. The highest BCUT2D eigenvalue weighted by atomic mass is 19.4. The summed E-state index contributed by atoms with van der Waals surface area (Å²) in [5, 5.41) is 29.2. The van der Waals surface area contributed by atoms with E-state index in [2.05, 4.69) is 9.72 Å². The zero-order valence-electron chi connectivity index (χ0n) is 16.6. The van der Waals surface area contributed by atoms with E-state index in [9.17, 15) is 37.3 Å². The molecule has 1 fully saturated rings. The lowest BCUT2D eigenvalue weighted by atomic mass is 9.89. The van der Waals surface area contributed by atoms with Crippen LogP contribution in [0.25, 0.3) is 0 Å². The van der Waals surface area contributed by atoms with Gasteiger partial charge in [-0.15, -0.1) is 13.2 Å². The summed E-state index contributed by atoms with van der Waals surface area (Å²) in [4.78, 5) is 4.08. The Balaban J connectivity index is 1.97. The number of benzene rings is 1. The van der Waals surface area contributed by atoms with Gasteiger partial charge in [0.25, 0.3) is 0 Å². The molecule has 0 saturated carbocycles. The highest BCUT2D eigenvalue weighted by molar-refractivity contribution is 5.41. The van der Waals surface area contributed by atoms with Crippen LogP contribution in [0.3, 0.4) is 0 Å². The van der Waals surface area contributed by atoms with Gasteiger partial charge in [0.1, 0.15) is 35.9 Å². The van der Waals surface area contributed by atoms with Gasteiger partial charge in [-0.1, -0.05) is 6.07 Å². The zero-order chi connectivity index (χ0) is 23.7. The molecule has 0 spiro atoms. The summed E-state index contributed by atoms with van der Waals surface area (Å²) in [7, 11) is 1.42. The second-order valence-corrected chi connectivity index (χ2v) is 7.12. The molecule has 2 heterocycles. The van der Waals surface area contributed by atoms with Gasteiger partial charge in [-0.25, -0.2) is 8.78 Å². The quantitative estimate of drug-likeness (QED) is 0.563. The molecule has 1 aromatic heterocycles. The SMILES string of the molecule is COc1ccc(Cc2cc(C3OC(CO)C(F)(F)C(O)C3O)ccc2OC(F)(F)F)nc1. The second-order valence-electron chi connectivity index (χ2n) is 7.12. The van der Waals surface area contributed by atoms with E-state index in [1.165, 1.54) is 25.4 Å². The largest absolute Gasteiger partial charge is 0.573 e. The first-order valence-electron chi connectivity index (χ1n) is 9.34. The average molecular weight is 465 g/mol. The molecule has 12 heteroatoms. The van der Waals surface area contributed by atoms with Gasteiger partial charge in [-0.2, -0.15) is 0 Å². The molecule has 0 bridgehead atoms. The number of aliphatic hydroxyl groups excluding tert-OH is 3. The van der Waals surface area contributed by atoms with Crippen LogP contribution in [0, 0.1) is 0 Å². The Kier molecular flexibility index (Phi) is 6.89. The number of aliphatic hydroxyl groups is 3. The van der Waals surface area contributed by atoms with Gasteiger partial charge >= 0.3 is 12.3 Å². The lowest BCUT2D eigenvalue weighted by molar-refractivity contribution is -0.296. The van der Waals surface area contributed by atoms with Gasteiger partial charge in [-0.05, 0) is 29.8 Å². The minimum atomic E-state index is -5.00. The van der Waals surface area contributed by atoms with E-state index in [0.717, 1.165) is 12.1 Å². The standard InChI is InChI=1S/C20H20F5NO6/c1-30-13-4-3-12(26-8-13)7-11-6-10(2-5-14(11)32-20(23,24)25)17-16(28)18(29)19(21,22)15(9-27)31-17/h2-6,8,15-18,27-29H,7,9H2,1H3. The van der Waals surface area contributed by atoms with Crippen molar-refractivity contribution in [1.29, 1.82) is 0 Å². The molecule has 1 aromatic carbocycles. The van der Waals surface area contributed by atoms with Gasteiger partial charge in [0.05, 0.1) is 19.9 Å². The Labute approximate surface area is 179 Å². The molecule has 0 amide bonds. The molecule has 32 heavy (non-hydrogen) atoms. The summed E-state index contributed by atoms with van der Waals surface area (Å²) in [5.74, 6) is -4.06. The first-order chi connectivity index (χ1) is 15.0. The van der Waals surface area contributed by atoms with E-state index < -0.39 is 49.1 Å². The highest BCUT2D eigenvalue weighted by Gasteiger charge is 2.57. The number of alkyl halides is 5. The number of aromatic nitrogens is 1. The summed E-state index contributed by atoms with van der Waals surface area (Å²) < 4.78 is 80.7. The Hall–Kier alpha value is -2.54. The summed E-state index contributed by atoms with van der Waals surface area (Å²) in [6, 6.07) is 6.27. The monoisotopic (exact) mass is 465 g/mol. The number of ether oxygens (including phenoxy) is 3. The van der Waals surface area contributed by atoms with Crippen LogP contribution in [0.4, 0.5) is 22.0 Å². The molecular formula is C20H20F5NO6. The van der Waals surface area contributed by atoms with Crippen molar-refractivity contribution in [1.82, 2.24) is 4.98 Å². The number of methoxy groups -OCH3 is 1. The first-order valence-corrected chi connectivity index (χ1v) is 9.34. The third-order valence-electron chi connectivity index (χ3n) is 4.98. The molecular weight excluding hydrogens is 445 g/mol. The lowest BCUT2D eigenvalue weighted by Gasteiger charge is -2.42. The fourth-order valence-electron chi connectivity index (χ4n) is 3.34. The second kappa shape index (κ2) is 9.14. The molecule has 3 N–H and O–H groups in total. The molecule has 0 radical (unpaired) electrons. The number of halogens is 5. The van der Waals surface area contributed by atoms with E-state index in [-0.39, 0.29) is 17.5 Å². The predicted octanol–water partition coefficient (Wildman–Crippen LogP) is 2.37. The van der Waals surface area contributed by atoms with Crippen molar-refractivity contribution >= 4 is 0 Å². The maximum absolute atomic E-state index is 14.0. The smallest absolute Gasteiger partial charge is 0.495 e. The molecule has 2 aromatic rings. The molecule has 1 aliphatic rings. The number of hydrogen-bond acceptors (Lipinski definition) is 7. The van der Waals surface area contributed by atoms with Crippen molar-refractivity contribution in [2.45, 2.75) is 43.1 Å². The Morgan fingerprint density at radius 2 is 1.88 bits per heavy atom.